The summed E-state index contributed by atoms with van der Waals surface area (Å²) in [5, 5.41) is 7.10. The van der Waals surface area contributed by atoms with Crippen molar-refractivity contribution in [2.75, 3.05) is 25.4 Å². The Kier molecular flexibility index (Phi) is 2.39. The van der Waals surface area contributed by atoms with Gasteiger partial charge in [-0.1, -0.05) is 0 Å². The summed E-state index contributed by atoms with van der Waals surface area (Å²) in [6.45, 7) is 3.59. The number of thioether (sulfide) groups is 1. The van der Waals surface area contributed by atoms with E-state index in [4.69, 9.17) is 0 Å². The maximum atomic E-state index is 3.63. The normalized spacial score (nSPS) is 39.3. The highest BCUT2D eigenvalue weighted by molar-refractivity contribution is 8.00. The van der Waals surface area contributed by atoms with Crippen molar-refractivity contribution in [2.24, 2.45) is 0 Å². The Labute approximate surface area is 72.5 Å². The zero-order valence-electron chi connectivity index (χ0n) is 6.86. The molecular weight excluding hydrogens is 156 g/mol. The van der Waals surface area contributed by atoms with E-state index in [1.165, 1.54) is 38.1 Å². The molecule has 0 aromatic heterocycles. The van der Waals surface area contributed by atoms with Crippen LogP contribution in [0.15, 0.2) is 0 Å². The van der Waals surface area contributed by atoms with Crippen LogP contribution in [0.4, 0.5) is 0 Å². The average molecular weight is 172 g/mol. The van der Waals surface area contributed by atoms with Crippen LogP contribution in [-0.2, 0) is 0 Å². The van der Waals surface area contributed by atoms with E-state index in [9.17, 15) is 0 Å². The first kappa shape index (κ1) is 7.90. The van der Waals surface area contributed by atoms with Gasteiger partial charge in [0.05, 0.1) is 4.87 Å². The second kappa shape index (κ2) is 3.33. The second-order valence-corrected chi connectivity index (χ2v) is 4.88. The lowest BCUT2D eigenvalue weighted by Gasteiger charge is -2.40. The lowest BCUT2D eigenvalue weighted by atomic mass is 10.1. The Morgan fingerprint density at radius 2 is 2.18 bits per heavy atom. The van der Waals surface area contributed by atoms with Gasteiger partial charge in [-0.25, -0.2) is 0 Å². The fourth-order valence-corrected chi connectivity index (χ4v) is 3.23. The van der Waals surface area contributed by atoms with Gasteiger partial charge in [0.1, 0.15) is 0 Å². The molecule has 2 nitrogen and oxygen atoms in total. The fourth-order valence-electron chi connectivity index (χ4n) is 1.86. The summed E-state index contributed by atoms with van der Waals surface area (Å²) in [4.78, 5) is 0.413. The quantitative estimate of drug-likeness (QED) is 0.565. The Morgan fingerprint density at radius 1 is 1.18 bits per heavy atom. The molecule has 2 aliphatic heterocycles. The molecule has 2 fully saturated rings. The van der Waals surface area contributed by atoms with E-state index in [-0.39, 0.29) is 0 Å². The van der Waals surface area contributed by atoms with E-state index in [0.29, 0.717) is 4.87 Å². The number of piperidine rings is 1. The van der Waals surface area contributed by atoms with Crippen LogP contribution in [-0.4, -0.2) is 30.3 Å². The van der Waals surface area contributed by atoms with Gasteiger partial charge in [0.25, 0.3) is 0 Å². The molecule has 11 heavy (non-hydrogen) atoms. The van der Waals surface area contributed by atoms with Gasteiger partial charge in [-0.05, 0) is 38.1 Å². The lowest BCUT2D eigenvalue weighted by molar-refractivity contribution is 0.348. The van der Waals surface area contributed by atoms with Crippen molar-refractivity contribution in [2.45, 2.75) is 24.1 Å². The minimum Gasteiger partial charge on any atom is -0.314 e. The number of rotatable bonds is 0. The highest BCUT2D eigenvalue weighted by atomic mass is 32.2. The summed E-state index contributed by atoms with van der Waals surface area (Å²) in [7, 11) is 0. The van der Waals surface area contributed by atoms with E-state index < -0.39 is 0 Å². The van der Waals surface area contributed by atoms with Gasteiger partial charge >= 0.3 is 0 Å². The van der Waals surface area contributed by atoms with Gasteiger partial charge in [-0.15, -0.1) is 11.8 Å². The van der Waals surface area contributed by atoms with Gasteiger partial charge < -0.3 is 10.6 Å². The predicted molar refractivity (Wildman–Crippen MR) is 49.9 cm³/mol. The first-order valence-corrected chi connectivity index (χ1v) is 5.50. The number of hydrogen-bond acceptors (Lipinski definition) is 3. The molecule has 0 bridgehead atoms. The highest BCUT2D eigenvalue weighted by Gasteiger charge is 2.33. The highest BCUT2D eigenvalue weighted by Crippen LogP contribution is 2.32. The van der Waals surface area contributed by atoms with Crippen LogP contribution in [0.5, 0.6) is 0 Å². The molecule has 2 rings (SSSR count). The van der Waals surface area contributed by atoms with Crippen molar-refractivity contribution in [3.05, 3.63) is 0 Å². The molecule has 0 saturated carbocycles. The van der Waals surface area contributed by atoms with Crippen molar-refractivity contribution < 1.29 is 0 Å². The summed E-state index contributed by atoms with van der Waals surface area (Å²) >= 11 is 2.11. The SMILES string of the molecule is C1CNC2(CCCNC2)SC1. The van der Waals surface area contributed by atoms with Crippen LogP contribution in [0.2, 0.25) is 0 Å². The Hall–Kier alpha value is 0.270. The van der Waals surface area contributed by atoms with Gasteiger partial charge in [0.15, 0.2) is 0 Å². The Morgan fingerprint density at radius 3 is 2.82 bits per heavy atom. The van der Waals surface area contributed by atoms with Gasteiger partial charge in [-0.2, -0.15) is 0 Å². The number of hydrogen-bond donors (Lipinski definition) is 2. The minimum atomic E-state index is 0.413. The first-order chi connectivity index (χ1) is 5.41. The molecule has 0 aromatic rings. The molecule has 2 heterocycles. The molecule has 3 heteroatoms. The van der Waals surface area contributed by atoms with E-state index in [1.807, 2.05) is 0 Å². The topological polar surface area (TPSA) is 24.1 Å². The average Bonchev–Trinajstić information content (AvgIpc) is 2.07. The molecule has 1 atom stereocenters. The third-order valence-electron chi connectivity index (χ3n) is 2.49. The van der Waals surface area contributed by atoms with Crippen molar-refractivity contribution in [3.8, 4) is 0 Å². The maximum absolute atomic E-state index is 3.63. The molecule has 0 aromatic carbocycles. The molecule has 2 N–H and O–H groups in total. The molecule has 0 amide bonds. The molecular formula is C8H16N2S. The predicted octanol–water partition coefficient (Wildman–Crippen LogP) is 0.793. The smallest absolute Gasteiger partial charge is 0.0771 e. The van der Waals surface area contributed by atoms with E-state index in [1.54, 1.807) is 0 Å². The molecule has 0 aliphatic carbocycles. The zero-order valence-corrected chi connectivity index (χ0v) is 7.67. The van der Waals surface area contributed by atoms with Crippen LogP contribution in [0.25, 0.3) is 0 Å². The minimum absolute atomic E-state index is 0.413. The van der Waals surface area contributed by atoms with Crippen LogP contribution in [0, 0.1) is 0 Å². The monoisotopic (exact) mass is 172 g/mol. The third-order valence-corrected chi connectivity index (χ3v) is 4.03. The van der Waals surface area contributed by atoms with Crippen LogP contribution >= 0.6 is 11.8 Å². The maximum Gasteiger partial charge on any atom is 0.0771 e. The van der Waals surface area contributed by atoms with E-state index in [0.717, 1.165) is 6.54 Å². The van der Waals surface area contributed by atoms with E-state index >= 15 is 0 Å². The van der Waals surface area contributed by atoms with Crippen LogP contribution in [0.3, 0.4) is 0 Å². The van der Waals surface area contributed by atoms with Crippen molar-refractivity contribution in [1.82, 2.24) is 10.6 Å². The van der Waals surface area contributed by atoms with Crippen molar-refractivity contribution in [3.63, 3.8) is 0 Å². The third kappa shape index (κ3) is 1.71. The summed E-state index contributed by atoms with van der Waals surface area (Å²) in [5.74, 6) is 1.34. The van der Waals surface area contributed by atoms with Crippen LogP contribution < -0.4 is 10.6 Å². The number of nitrogens with one attached hydrogen (secondary N) is 2. The summed E-state index contributed by atoms with van der Waals surface area (Å²) in [5.41, 5.74) is 0. The molecule has 64 valence electrons. The largest absolute Gasteiger partial charge is 0.314 e. The van der Waals surface area contributed by atoms with Crippen LogP contribution in [0.1, 0.15) is 19.3 Å². The Balaban J connectivity index is 1.94. The fraction of sp³-hybridized carbons (Fsp3) is 1.00. The standard InChI is InChI=1S/C8H16N2S/c1-3-8(7-9-4-1)10-5-2-6-11-8/h9-10H,1-7H2. The summed E-state index contributed by atoms with van der Waals surface area (Å²) < 4.78 is 0. The Bertz CT molecular complexity index is 107. The van der Waals surface area contributed by atoms with Crippen molar-refractivity contribution in [1.29, 1.82) is 0 Å². The molecule has 0 radical (unpaired) electrons. The van der Waals surface area contributed by atoms with Crippen molar-refractivity contribution >= 4 is 11.8 Å². The van der Waals surface area contributed by atoms with Gasteiger partial charge in [-0.3, -0.25) is 0 Å². The second-order valence-electron chi connectivity index (χ2n) is 3.40. The zero-order chi connectivity index (χ0) is 7.57. The van der Waals surface area contributed by atoms with Gasteiger partial charge in [0, 0.05) is 6.54 Å². The molecule has 2 aliphatic rings. The van der Waals surface area contributed by atoms with E-state index in [2.05, 4.69) is 22.4 Å². The summed E-state index contributed by atoms with van der Waals surface area (Å²) in [6, 6.07) is 0. The molecule has 2 saturated heterocycles. The first-order valence-electron chi connectivity index (χ1n) is 4.51. The molecule has 1 spiro atoms. The summed E-state index contributed by atoms with van der Waals surface area (Å²) in [6.07, 6.45) is 4.02. The van der Waals surface area contributed by atoms with Gasteiger partial charge in [0.2, 0.25) is 0 Å². The lowest BCUT2D eigenvalue weighted by Crippen LogP contribution is -2.55. The molecule has 1 unspecified atom stereocenters.